The fourth-order valence-electron chi connectivity index (χ4n) is 1.89. The number of hydrogen-bond donors (Lipinski definition) is 0. The molecule has 16 heavy (non-hydrogen) atoms. The van der Waals surface area contributed by atoms with Crippen molar-refractivity contribution in [3.63, 3.8) is 0 Å². The average molecular weight is 204 g/mol. The average Bonchev–Trinajstić information content (AvgIpc) is 2.66. The van der Waals surface area contributed by atoms with Crippen LogP contribution in [0.5, 0.6) is 0 Å². The summed E-state index contributed by atoms with van der Waals surface area (Å²) in [6.07, 6.45) is 0. The molecule has 0 N–H and O–H groups in total. The minimum absolute atomic E-state index is 0.521. The summed E-state index contributed by atoms with van der Waals surface area (Å²) in [6, 6.07) is 17.9. The van der Waals surface area contributed by atoms with Crippen LogP contribution in [0.2, 0.25) is 0 Å². The lowest BCUT2D eigenvalue weighted by atomic mass is 10.1. The molecule has 2 nitrogen and oxygen atoms in total. The molecule has 3 rings (SSSR count). The number of nitrogens with zero attached hydrogens (tertiary/aromatic N) is 2. The molecule has 3 heteroatoms. The first-order valence-corrected chi connectivity index (χ1v) is 5.14. The Hall–Kier alpha value is -2.03. The smallest absolute Gasteiger partial charge is 0.168 e. The SMILES string of the molecule is [B]c1nc2ccccc2n1-c1ccccc1. The fraction of sp³-hybridized carbons (Fsp3) is 0. The molecule has 3 aromatic rings. The van der Waals surface area contributed by atoms with Crippen molar-refractivity contribution in [1.82, 2.24) is 9.55 Å². The molecule has 2 aromatic carbocycles. The molecule has 0 saturated heterocycles. The summed E-state index contributed by atoms with van der Waals surface area (Å²) in [5, 5.41) is 0. The fourth-order valence-corrected chi connectivity index (χ4v) is 1.89. The molecule has 0 spiro atoms. The van der Waals surface area contributed by atoms with E-state index in [-0.39, 0.29) is 0 Å². The van der Waals surface area contributed by atoms with E-state index in [1.54, 1.807) is 0 Å². The minimum atomic E-state index is 0.521. The van der Waals surface area contributed by atoms with Crippen molar-refractivity contribution in [2.24, 2.45) is 0 Å². The summed E-state index contributed by atoms with van der Waals surface area (Å²) >= 11 is 0. The zero-order valence-electron chi connectivity index (χ0n) is 8.67. The molecular formula is C13H9BN2. The summed E-state index contributed by atoms with van der Waals surface area (Å²) in [4.78, 5) is 4.33. The van der Waals surface area contributed by atoms with Gasteiger partial charge < -0.3 is 4.57 Å². The maximum Gasteiger partial charge on any atom is 0.168 e. The largest absolute Gasteiger partial charge is 0.306 e. The van der Waals surface area contributed by atoms with Crippen molar-refractivity contribution in [1.29, 1.82) is 0 Å². The highest BCUT2D eigenvalue weighted by molar-refractivity contribution is 6.30. The van der Waals surface area contributed by atoms with Gasteiger partial charge in [0.1, 0.15) is 0 Å². The lowest BCUT2D eigenvalue weighted by molar-refractivity contribution is 1.15. The van der Waals surface area contributed by atoms with E-state index in [9.17, 15) is 0 Å². The molecular weight excluding hydrogens is 195 g/mol. The van der Waals surface area contributed by atoms with Crippen LogP contribution < -0.4 is 5.72 Å². The first-order chi connectivity index (χ1) is 7.86. The molecule has 0 amide bonds. The Bertz CT molecular complexity index is 629. The third-order valence-electron chi connectivity index (χ3n) is 2.60. The number of imidazole rings is 1. The van der Waals surface area contributed by atoms with E-state index in [2.05, 4.69) is 4.98 Å². The van der Waals surface area contributed by atoms with Crippen LogP contribution in [0.25, 0.3) is 16.7 Å². The van der Waals surface area contributed by atoms with Crippen LogP contribution in [-0.4, -0.2) is 17.4 Å². The van der Waals surface area contributed by atoms with E-state index in [4.69, 9.17) is 7.85 Å². The van der Waals surface area contributed by atoms with Crippen LogP contribution in [0.1, 0.15) is 0 Å². The van der Waals surface area contributed by atoms with Crippen molar-refractivity contribution < 1.29 is 0 Å². The Morgan fingerprint density at radius 3 is 2.38 bits per heavy atom. The van der Waals surface area contributed by atoms with E-state index in [1.807, 2.05) is 59.2 Å². The van der Waals surface area contributed by atoms with Crippen molar-refractivity contribution in [3.8, 4) is 5.69 Å². The topological polar surface area (TPSA) is 17.8 Å². The van der Waals surface area contributed by atoms with E-state index in [1.165, 1.54) is 0 Å². The normalized spacial score (nSPS) is 10.8. The van der Waals surface area contributed by atoms with Crippen molar-refractivity contribution >= 4 is 24.6 Å². The van der Waals surface area contributed by atoms with E-state index >= 15 is 0 Å². The number of aromatic nitrogens is 2. The van der Waals surface area contributed by atoms with Gasteiger partial charge in [0.25, 0.3) is 0 Å². The highest BCUT2D eigenvalue weighted by Gasteiger charge is 2.06. The number of benzene rings is 2. The summed E-state index contributed by atoms with van der Waals surface area (Å²) < 4.78 is 1.95. The molecule has 1 aromatic heterocycles. The molecule has 1 heterocycles. The quantitative estimate of drug-likeness (QED) is 0.553. The van der Waals surface area contributed by atoms with Gasteiger partial charge in [-0.05, 0) is 24.3 Å². The van der Waals surface area contributed by atoms with Crippen molar-refractivity contribution in [2.45, 2.75) is 0 Å². The van der Waals surface area contributed by atoms with Gasteiger partial charge in [-0.3, -0.25) is 0 Å². The lowest BCUT2D eigenvalue weighted by Crippen LogP contribution is -2.17. The second kappa shape index (κ2) is 3.52. The molecule has 0 aliphatic heterocycles. The molecule has 0 unspecified atom stereocenters. The zero-order chi connectivity index (χ0) is 11.0. The van der Waals surface area contributed by atoms with Gasteiger partial charge >= 0.3 is 0 Å². The maximum atomic E-state index is 5.94. The minimum Gasteiger partial charge on any atom is -0.306 e. The highest BCUT2D eigenvalue weighted by atomic mass is 15.1. The number of fused-ring (bicyclic) bond motifs is 1. The third-order valence-corrected chi connectivity index (χ3v) is 2.60. The molecule has 0 fully saturated rings. The molecule has 74 valence electrons. The summed E-state index contributed by atoms with van der Waals surface area (Å²) in [5.41, 5.74) is 3.51. The first kappa shape index (κ1) is 9.22. The van der Waals surface area contributed by atoms with Gasteiger partial charge in [-0.15, -0.1) is 0 Å². The molecule has 2 radical (unpaired) electrons. The molecule has 0 aliphatic carbocycles. The predicted octanol–water partition coefficient (Wildman–Crippen LogP) is 1.82. The van der Waals surface area contributed by atoms with Crippen molar-refractivity contribution in [2.75, 3.05) is 0 Å². The Labute approximate surface area is 95.0 Å². The van der Waals surface area contributed by atoms with E-state index < -0.39 is 0 Å². The number of hydrogen-bond acceptors (Lipinski definition) is 1. The second-order valence-electron chi connectivity index (χ2n) is 3.63. The van der Waals surface area contributed by atoms with Crippen LogP contribution in [0.3, 0.4) is 0 Å². The summed E-state index contributed by atoms with van der Waals surface area (Å²) in [6.45, 7) is 0. The third kappa shape index (κ3) is 1.33. The molecule has 0 bridgehead atoms. The molecule has 0 saturated carbocycles. The van der Waals surface area contributed by atoms with E-state index in [0.717, 1.165) is 16.7 Å². The van der Waals surface area contributed by atoms with Gasteiger partial charge in [-0.1, -0.05) is 30.3 Å². The first-order valence-electron chi connectivity index (χ1n) is 5.14. The monoisotopic (exact) mass is 204 g/mol. The zero-order valence-corrected chi connectivity index (χ0v) is 8.67. The van der Waals surface area contributed by atoms with Crippen molar-refractivity contribution in [3.05, 3.63) is 54.6 Å². The Kier molecular flexibility index (Phi) is 2.03. The highest BCUT2D eigenvalue weighted by Crippen LogP contribution is 2.15. The molecule has 0 atom stereocenters. The van der Waals surface area contributed by atoms with Gasteiger partial charge in [0.2, 0.25) is 0 Å². The van der Waals surface area contributed by atoms with Crippen LogP contribution >= 0.6 is 0 Å². The van der Waals surface area contributed by atoms with Crippen LogP contribution in [0.4, 0.5) is 0 Å². The van der Waals surface area contributed by atoms with Gasteiger partial charge in [0, 0.05) is 5.69 Å². The second-order valence-corrected chi connectivity index (χ2v) is 3.63. The van der Waals surface area contributed by atoms with Gasteiger partial charge in [-0.2, -0.15) is 0 Å². The Balaban J connectivity index is 2.35. The maximum absolute atomic E-state index is 5.94. The van der Waals surface area contributed by atoms with Gasteiger partial charge in [-0.25, -0.2) is 4.98 Å². The van der Waals surface area contributed by atoms with Gasteiger partial charge in [0.15, 0.2) is 7.85 Å². The number of rotatable bonds is 1. The lowest BCUT2D eigenvalue weighted by Gasteiger charge is -2.06. The molecule has 0 aliphatic rings. The Morgan fingerprint density at radius 1 is 0.875 bits per heavy atom. The van der Waals surface area contributed by atoms with Crippen LogP contribution in [0.15, 0.2) is 54.6 Å². The standard InChI is InChI=1S/C13H9BN2/c14-13-15-11-8-4-5-9-12(11)16(13)10-6-2-1-3-7-10/h1-9H. The predicted molar refractivity (Wildman–Crippen MR) is 66.5 cm³/mol. The van der Waals surface area contributed by atoms with E-state index in [0.29, 0.717) is 5.72 Å². The Morgan fingerprint density at radius 2 is 1.56 bits per heavy atom. The van der Waals surface area contributed by atoms with Crippen LogP contribution in [0, 0.1) is 0 Å². The summed E-state index contributed by atoms with van der Waals surface area (Å²) in [5.74, 6) is 0. The summed E-state index contributed by atoms with van der Waals surface area (Å²) in [7, 11) is 5.94. The number of para-hydroxylation sites is 3. The van der Waals surface area contributed by atoms with Crippen LogP contribution in [-0.2, 0) is 0 Å². The van der Waals surface area contributed by atoms with Gasteiger partial charge in [0.05, 0.1) is 16.8 Å².